The maximum Gasteiger partial charge on any atom is 0.319 e. The van der Waals surface area contributed by atoms with Gasteiger partial charge in [-0.3, -0.25) is 15.5 Å². The molecule has 0 fully saturated rings. The summed E-state index contributed by atoms with van der Waals surface area (Å²) in [5, 5.41) is 11.3. The Kier molecular flexibility index (Phi) is 4.49. The molecule has 1 aromatic carbocycles. The smallest absolute Gasteiger partial charge is 0.292 e. The van der Waals surface area contributed by atoms with E-state index in [-0.39, 0.29) is 11.6 Å². The highest BCUT2D eigenvalue weighted by Crippen LogP contribution is 2.30. The van der Waals surface area contributed by atoms with E-state index < -0.39 is 4.92 Å². The molecule has 0 bridgehead atoms. The van der Waals surface area contributed by atoms with Crippen molar-refractivity contribution in [1.82, 2.24) is 9.97 Å². The average Bonchev–Trinajstić information content (AvgIpc) is 2.46. The number of nitro groups is 1. The van der Waals surface area contributed by atoms with E-state index in [9.17, 15) is 10.1 Å². The molecule has 2 aromatic rings. The first-order chi connectivity index (χ1) is 9.61. The summed E-state index contributed by atoms with van der Waals surface area (Å²) < 4.78 is 0. The van der Waals surface area contributed by atoms with Gasteiger partial charge in [-0.2, -0.15) is 4.98 Å². The number of nitrogen functional groups attached to an aromatic ring is 1. The van der Waals surface area contributed by atoms with Gasteiger partial charge >= 0.3 is 5.69 Å². The molecule has 0 aliphatic rings. The third-order valence-corrected chi connectivity index (χ3v) is 3.72. The van der Waals surface area contributed by atoms with Crippen molar-refractivity contribution in [2.24, 2.45) is 5.84 Å². The Morgan fingerprint density at radius 1 is 1.45 bits per heavy atom. The number of nitrogens with zero attached hydrogens (tertiary/aromatic N) is 3. The highest BCUT2D eigenvalue weighted by molar-refractivity contribution is 7.98. The van der Waals surface area contributed by atoms with E-state index in [0.717, 1.165) is 17.3 Å². The lowest BCUT2D eigenvalue weighted by molar-refractivity contribution is -0.388. The summed E-state index contributed by atoms with van der Waals surface area (Å²) in [5.74, 6) is 5.97. The van der Waals surface area contributed by atoms with Crippen LogP contribution >= 0.6 is 11.8 Å². The lowest BCUT2D eigenvalue weighted by Crippen LogP contribution is -2.11. The van der Waals surface area contributed by atoms with Crippen molar-refractivity contribution in [2.45, 2.75) is 17.7 Å². The van der Waals surface area contributed by atoms with Crippen LogP contribution in [0, 0.1) is 17.0 Å². The number of benzene rings is 1. The third-order valence-electron chi connectivity index (χ3n) is 2.69. The molecule has 1 aromatic heterocycles. The fraction of sp³-hybridized carbons (Fsp3) is 0.167. The topological polar surface area (TPSA) is 107 Å². The van der Waals surface area contributed by atoms with Crippen LogP contribution in [0.15, 0.2) is 35.5 Å². The Hall–Kier alpha value is -2.19. The lowest BCUT2D eigenvalue weighted by Gasteiger charge is -2.06. The summed E-state index contributed by atoms with van der Waals surface area (Å²) in [4.78, 5) is 18.2. The Bertz CT molecular complexity index is 635. The number of thioether (sulfide) groups is 1. The van der Waals surface area contributed by atoms with Gasteiger partial charge in [0.25, 0.3) is 0 Å². The fourth-order valence-corrected chi connectivity index (χ4v) is 2.62. The van der Waals surface area contributed by atoms with Crippen molar-refractivity contribution < 1.29 is 4.92 Å². The van der Waals surface area contributed by atoms with Crippen LogP contribution in [0.3, 0.4) is 0 Å². The summed E-state index contributed by atoms with van der Waals surface area (Å²) in [6.07, 6.45) is 1.16. The molecule has 0 saturated heterocycles. The highest BCUT2D eigenvalue weighted by Gasteiger charge is 2.17. The number of hydrogen-bond donors (Lipinski definition) is 2. The molecule has 2 rings (SSSR count). The van der Waals surface area contributed by atoms with Gasteiger partial charge in [0.1, 0.15) is 6.20 Å². The standard InChI is InChI=1S/C12H13N5O2S/c1-8-4-2-3-5-9(8)7-20-11-10(17(18)19)6-14-12(15-11)16-13/h2-6H,7,13H2,1H3,(H,14,15,16). The Morgan fingerprint density at radius 3 is 2.85 bits per heavy atom. The normalized spacial score (nSPS) is 10.3. The molecule has 8 heteroatoms. The van der Waals surface area contributed by atoms with Crippen molar-refractivity contribution in [3.63, 3.8) is 0 Å². The zero-order valence-corrected chi connectivity index (χ0v) is 11.6. The van der Waals surface area contributed by atoms with Gasteiger partial charge < -0.3 is 0 Å². The minimum atomic E-state index is -0.500. The first kappa shape index (κ1) is 14.2. The van der Waals surface area contributed by atoms with Gasteiger partial charge in [0.15, 0.2) is 5.03 Å². The van der Waals surface area contributed by atoms with E-state index in [1.807, 2.05) is 31.2 Å². The number of aryl methyl sites for hydroxylation is 1. The van der Waals surface area contributed by atoms with Crippen LogP contribution in [0.5, 0.6) is 0 Å². The Morgan fingerprint density at radius 2 is 2.20 bits per heavy atom. The molecule has 20 heavy (non-hydrogen) atoms. The number of anilines is 1. The highest BCUT2D eigenvalue weighted by atomic mass is 32.2. The minimum Gasteiger partial charge on any atom is -0.292 e. The van der Waals surface area contributed by atoms with Gasteiger partial charge in [-0.15, -0.1) is 0 Å². The van der Waals surface area contributed by atoms with E-state index >= 15 is 0 Å². The van der Waals surface area contributed by atoms with Gasteiger partial charge in [0.05, 0.1) is 4.92 Å². The number of nitrogens with two attached hydrogens (primary N) is 1. The monoisotopic (exact) mass is 291 g/mol. The molecule has 0 atom stereocenters. The number of rotatable bonds is 5. The zero-order valence-electron chi connectivity index (χ0n) is 10.7. The number of nitrogens with one attached hydrogen (secondary N) is 1. The molecule has 3 N–H and O–H groups in total. The van der Waals surface area contributed by atoms with Crippen LogP contribution in [0.4, 0.5) is 11.6 Å². The molecule has 0 radical (unpaired) electrons. The van der Waals surface area contributed by atoms with Crippen LogP contribution in [-0.2, 0) is 5.75 Å². The summed E-state index contributed by atoms with van der Waals surface area (Å²) in [6.45, 7) is 2.00. The van der Waals surface area contributed by atoms with Crippen LogP contribution in [0.1, 0.15) is 11.1 Å². The lowest BCUT2D eigenvalue weighted by atomic mass is 10.1. The second-order valence-corrected chi connectivity index (χ2v) is 4.96. The van der Waals surface area contributed by atoms with E-state index in [0.29, 0.717) is 10.8 Å². The quantitative estimate of drug-likeness (QED) is 0.286. The third kappa shape index (κ3) is 3.22. The van der Waals surface area contributed by atoms with Crippen molar-refractivity contribution in [1.29, 1.82) is 0 Å². The van der Waals surface area contributed by atoms with Crippen LogP contribution < -0.4 is 11.3 Å². The molecular formula is C12H13N5O2S. The van der Waals surface area contributed by atoms with Gasteiger partial charge in [-0.1, -0.05) is 36.0 Å². The largest absolute Gasteiger partial charge is 0.319 e. The minimum absolute atomic E-state index is 0.123. The molecule has 0 aliphatic carbocycles. The summed E-state index contributed by atoms with van der Waals surface area (Å²) >= 11 is 1.28. The first-order valence-electron chi connectivity index (χ1n) is 5.77. The molecule has 7 nitrogen and oxygen atoms in total. The summed E-state index contributed by atoms with van der Waals surface area (Å²) in [5.41, 5.74) is 4.40. The van der Waals surface area contributed by atoms with Crippen molar-refractivity contribution >= 4 is 23.4 Å². The van der Waals surface area contributed by atoms with Gasteiger partial charge in [0, 0.05) is 5.75 Å². The molecule has 1 heterocycles. The van der Waals surface area contributed by atoms with Crippen molar-refractivity contribution in [2.75, 3.05) is 5.43 Å². The van der Waals surface area contributed by atoms with E-state index in [2.05, 4.69) is 15.4 Å². The van der Waals surface area contributed by atoms with Gasteiger partial charge in [-0.25, -0.2) is 10.8 Å². The fourth-order valence-electron chi connectivity index (χ4n) is 1.58. The van der Waals surface area contributed by atoms with Crippen LogP contribution in [0.2, 0.25) is 0 Å². The SMILES string of the molecule is Cc1ccccc1CSc1nc(NN)ncc1[N+](=O)[O-]. The average molecular weight is 291 g/mol. The predicted molar refractivity (Wildman–Crippen MR) is 77.2 cm³/mol. The maximum atomic E-state index is 11.0. The second-order valence-electron chi connectivity index (χ2n) is 4.00. The first-order valence-corrected chi connectivity index (χ1v) is 6.75. The van der Waals surface area contributed by atoms with Gasteiger partial charge in [0.2, 0.25) is 5.95 Å². The van der Waals surface area contributed by atoms with Crippen LogP contribution in [0.25, 0.3) is 0 Å². The summed E-state index contributed by atoms with van der Waals surface area (Å²) in [7, 11) is 0. The Labute approximate surface area is 119 Å². The Balaban J connectivity index is 2.24. The molecular weight excluding hydrogens is 278 g/mol. The van der Waals surface area contributed by atoms with E-state index in [1.54, 1.807) is 0 Å². The molecule has 0 saturated carbocycles. The number of aromatic nitrogens is 2. The van der Waals surface area contributed by atoms with Crippen molar-refractivity contribution in [3.8, 4) is 0 Å². The second kappa shape index (κ2) is 6.31. The number of hydrazine groups is 1. The predicted octanol–water partition coefficient (Wildman–Crippen LogP) is 2.27. The summed E-state index contributed by atoms with van der Waals surface area (Å²) in [6, 6.07) is 7.87. The number of hydrogen-bond acceptors (Lipinski definition) is 7. The molecule has 0 unspecified atom stereocenters. The van der Waals surface area contributed by atoms with E-state index in [1.165, 1.54) is 11.8 Å². The van der Waals surface area contributed by atoms with Crippen molar-refractivity contribution in [3.05, 3.63) is 51.7 Å². The van der Waals surface area contributed by atoms with E-state index in [4.69, 9.17) is 5.84 Å². The molecule has 0 spiro atoms. The molecule has 104 valence electrons. The maximum absolute atomic E-state index is 11.0. The van der Waals surface area contributed by atoms with Crippen LogP contribution in [-0.4, -0.2) is 14.9 Å². The molecule has 0 aliphatic heterocycles. The zero-order chi connectivity index (χ0) is 14.5. The molecule has 0 amide bonds. The van der Waals surface area contributed by atoms with Gasteiger partial charge in [-0.05, 0) is 18.1 Å².